The molecule has 1 aliphatic heterocycles. The summed E-state index contributed by atoms with van der Waals surface area (Å²) in [6, 6.07) is 19.0. The van der Waals surface area contributed by atoms with Gasteiger partial charge >= 0.3 is 41.8 Å². The van der Waals surface area contributed by atoms with E-state index < -0.39 is 127 Å². The third-order valence-electron chi connectivity index (χ3n) is 20.2. The van der Waals surface area contributed by atoms with Gasteiger partial charge in [-0.25, -0.2) is 14.4 Å². The fourth-order valence-electron chi connectivity index (χ4n) is 13.7. The van der Waals surface area contributed by atoms with Gasteiger partial charge in [0, 0.05) is 96.8 Å². The zero-order valence-corrected chi connectivity index (χ0v) is 64.4. The van der Waals surface area contributed by atoms with Crippen molar-refractivity contribution in [3.8, 4) is 5.75 Å². The van der Waals surface area contributed by atoms with Gasteiger partial charge in [0.15, 0.2) is 0 Å². The highest BCUT2D eigenvalue weighted by Crippen LogP contribution is 2.37. The van der Waals surface area contributed by atoms with E-state index in [-0.39, 0.29) is 181 Å². The molecule has 2 aliphatic rings. The summed E-state index contributed by atoms with van der Waals surface area (Å²) in [6.07, 6.45) is 4.57. The van der Waals surface area contributed by atoms with Gasteiger partial charge in [-0.3, -0.25) is 72.3 Å². The summed E-state index contributed by atoms with van der Waals surface area (Å²) in [5.74, 6) is -10.5. The lowest BCUT2D eigenvalue weighted by molar-refractivity contribution is -0.141. The van der Waals surface area contributed by atoms with Gasteiger partial charge in [0.1, 0.15) is 30.2 Å². The first-order chi connectivity index (χ1) is 54.6. The molecule has 0 radical (unpaired) electrons. The Balaban J connectivity index is 0.990. The molecule has 0 aromatic heterocycles. The molecule has 6 rings (SSSR count). The number of aldehydes is 1. The van der Waals surface area contributed by atoms with Crippen molar-refractivity contribution < 1.29 is 107 Å². The number of nitrogens with zero attached hydrogens (tertiary/aromatic N) is 4. The highest BCUT2D eigenvalue weighted by molar-refractivity contribution is 6.03. The topological polar surface area (TPSA) is 520 Å². The van der Waals surface area contributed by atoms with Crippen molar-refractivity contribution in [1.82, 2.24) is 72.8 Å². The number of amides is 9. The first-order valence-electron chi connectivity index (χ1n) is 38.5. The minimum Gasteiger partial charge on any atom is -0.497 e. The van der Waals surface area contributed by atoms with Crippen LogP contribution in [0.3, 0.4) is 0 Å². The molecular weight excluding hydrogens is 1480 g/mol. The Labute approximate surface area is 660 Å². The van der Waals surface area contributed by atoms with Crippen LogP contribution in [-0.4, -0.2) is 295 Å². The van der Waals surface area contributed by atoms with Crippen molar-refractivity contribution in [2.24, 2.45) is 11.3 Å². The Morgan fingerprint density at radius 1 is 0.474 bits per heavy atom. The van der Waals surface area contributed by atoms with Gasteiger partial charge in [-0.2, -0.15) is 0 Å². The van der Waals surface area contributed by atoms with Crippen LogP contribution in [0.4, 0.5) is 4.79 Å². The molecule has 1 saturated carbocycles. The number of nitrogens with one attached hydrogen (secondary N) is 10. The maximum absolute atomic E-state index is 14.4. The Morgan fingerprint density at radius 2 is 0.947 bits per heavy atom. The molecule has 4 aromatic rings. The highest BCUT2D eigenvalue weighted by atomic mass is 16.5. The predicted octanol–water partition coefficient (Wildman–Crippen LogP) is 0.359. The molecular formula is C78H110N14O22. The van der Waals surface area contributed by atoms with Gasteiger partial charge in [0.2, 0.25) is 41.4 Å². The van der Waals surface area contributed by atoms with Crippen LogP contribution in [-0.2, 0) is 80.0 Å². The number of aryl methyl sites for hydroxylation is 1. The molecule has 9 amide bonds. The van der Waals surface area contributed by atoms with E-state index in [4.69, 9.17) is 9.84 Å². The van der Waals surface area contributed by atoms with E-state index in [0.717, 1.165) is 39.0 Å². The number of rotatable bonds is 48. The summed E-state index contributed by atoms with van der Waals surface area (Å²) in [5, 5.41) is 87.5. The molecule has 0 bridgehead atoms. The average molecular weight is 1600 g/mol. The van der Waals surface area contributed by atoms with E-state index in [1.807, 2.05) is 72.8 Å². The SMILES string of the molecule is COc1ccc(CCCC(=O)NCC(=O)N[C@@H](CCCCNC(=O)CN2CCN(CC(=O)O)CCN(CC(=O)O)CCN(CC(=O)O)CC2)C(=O)NCC(=O)NCC(=O)NCC2CCC(C=O)(CN[C@@H](Cc3c4ccccc4cc4ccccc34)C(=O)NCCCC[C@H](NC(=O)N[C@@H](CCCC(=O)O)C(=O)O)C(=O)O)CC2)cc1. The molecule has 0 unspecified atom stereocenters. The number of hydrogen-bond acceptors (Lipinski definition) is 21. The molecule has 16 N–H and O–H groups in total. The molecule has 0 spiro atoms. The van der Waals surface area contributed by atoms with Gasteiger partial charge in [-0.05, 0) is 153 Å². The fraction of sp³-hybridized carbons (Fsp3) is 0.551. The first-order valence-corrected chi connectivity index (χ1v) is 38.5. The normalized spacial score (nSPS) is 17.0. The van der Waals surface area contributed by atoms with Crippen molar-refractivity contribution in [3.63, 3.8) is 0 Å². The van der Waals surface area contributed by atoms with Crippen molar-refractivity contribution >= 4 is 111 Å². The van der Waals surface area contributed by atoms with Gasteiger partial charge in [-0.1, -0.05) is 60.7 Å². The highest BCUT2D eigenvalue weighted by Gasteiger charge is 2.37. The van der Waals surface area contributed by atoms with Crippen molar-refractivity contribution in [2.45, 2.75) is 133 Å². The standard InChI is InChI=1S/C78H110N14O22/c1-114-56-24-22-52(23-25-56)12-10-20-64(94)82-45-67(97)86-60(17-6-8-30-79-68(98)46-89-32-34-90(47-70(101)102)36-38-92(49-72(105)106)39-37-91(35-33-89)48-71(103)104)73(107)84-44-66(96)83-43-65(95)81-42-53-26-28-78(51-93,29-27-53)50-85-63(41-59-57-15-4-2-13-54(57)40-55-14-3-5-16-58(55)59)74(108)80-31-9-7-18-61(75(109)110)87-77(113)88-62(76(111)112)19-11-21-69(99)100/h2-5,13-16,22-25,40,51,53,60-63,85H,6-12,17-21,26-39,41-50H2,1H3,(H,79,98)(H,80,108)(H,81,95)(H,82,94)(H,83,96)(H,84,107)(H,86,97)(H,99,100)(H,101,102)(H,103,104)(H,105,106)(H,109,110)(H,111,112)(H2,87,88,113)/t53?,60-,61-,62-,63-,78?/m0/s1. The second kappa shape index (κ2) is 48.9. The molecule has 2 fully saturated rings. The zero-order valence-electron chi connectivity index (χ0n) is 64.4. The third kappa shape index (κ3) is 34.2. The first kappa shape index (κ1) is 91.9. The molecule has 1 saturated heterocycles. The van der Waals surface area contributed by atoms with Crippen LogP contribution in [0.25, 0.3) is 21.5 Å². The molecule has 1 heterocycles. The van der Waals surface area contributed by atoms with Gasteiger partial charge in [0.05, 0.1) is 59.0 Å². The van der Waals surface area contributed by atoms with E-state index in [1.165, 1.54) is 0 Å². The zero-order chi connectivity index (χ0) is 83.0. The number of carbonyl (C=O) groups excluding carboxylic acids is 9. The van der Waals surface area contributed by atoms with Crippen LogP contribution < -0.4 is 57.9 Å². The van der Waals surface area contributed by atoms with Crippen LogP contribution in [0.1, 0.15) is 107 Å². The quantitative estimate of drug-likeness (QED) is 0.0161. The molecule has 114 heavy (non-hydrogen) atoms. The summed E-state index contributed by atoms with van der Waals surface area (Å²) < 4.78 is 5.20. The number of carboxylic acid groups (broad SMARTS) is 6. The number of fused-ring (bicyclic) bond motifs is 2. The molecule has 36 heteroatoms. The number of benzene rings is 4. The van der Waals surface area contributed by atoms with E-state index in [1.54, 1.807) is 26.7 Å². The second-order valence-corrected chi connectivity index (χ2v) is 28.9. The number of methoxy groups -OCH3 is 1. The van der Waals surface area contributed by atoms with E-state index in [2.05, 4.69) is 59.2 Å². The number of carboxylic acids is 6. The summed E-state index contributed by atoms with van der Waals surface area (Å²) in [7, 11) is 1.56. The lowest BCUT2D eigenvalue weighted by Crippen LogP contribution is -2.51. The van der Waals surface area contributed by atoms with E-state index in [9.17, 15) is 97.5 Å². The monoisotopic (exact) mass is 1590 g/mol. The number of aliphatic carboxylic acids is 6. The van der Waals surface area contributed by atoms with E-state index >= 15 is 0 Å². The predicted molar refractivity (Wildman–Crippen MR) is 416 cm³/mol. The second-order valence-electron chi connectivity index (χ2n) is 28.9. The van der Waals surface area contributed by atoms with Crippen LogP contribution >= 0.6 is 0 Å². The molecule has 4 atom stereocenters. The van der Waals surface area contributed by atoms with E-state index in [0.29, 0.717) is 50.7 Å². The maximum atomic E-state index is 14.4. The molecule has 4 aromatic carbocycles. The van der Waals surface area contributed by atoms with Gasteiger partial charge < -0.3 is 93.3 Å². The van der Waals surface area contributed by atoms with Crippen LogP contribution in [0.15, 0.2) is 78.9 Å². The Bertz CT molecular complexity index is 3830. The summed E-state index contributed by atoms with van der Waals surface area (Å²) in [4.78, 5) is 197. The number of carbonyl (C=O) groups is 15. The minimum absolute atomic E-state index is 0.0216. The summed E-state index contributed by atoms with van der Waals surface area (Å²) in [5.41, 5.74) is 0.979. The minimum atomic E-state index is -1.46. The Morgan fingerprint density at radius 3 is 1.46 bits per heavy atom. The smallest absolute Gasteiger partial charge is 0.326 e. The fourth-order valence-corrected chi connectivity index (χ4v) is 13.7. The molecule has 36 nitrogen and oxygen atoms in total. The van der Waals surface area contributed by atoms with Gasteiger partial charge in [-0.15, -0.1) is 0 Å². The van der Waals surface area contributed by atoms with Crippen LogP contribution in [0, 0.1) is 11.3 Å². The number of urea groups is 1. The largest absolute Gasteiger partial charge is 0.497 e. The molecule has 1 aliphatic carbocycles. The van der Waals surface area contributed by atoms with Crippen molar-refractivity contribution in [3.05, 3.63) is 90.0 Å². The summed E-state index contributed by atoms with van der Waals surface area (Å²) in [6.45, 7) is -0.445. The molecule has 624 valence electrons. The lowest BCUT2D eigenvalue weighted by atomic mass is 9.71. The van der Waals surface area contributed by atoms with Crippen molar-refractivity contribution in [2.75, 3.05) is 131 Å². The lowest BCUT2D eigenvalue weighted by Gasteiger charge is -2.37. The van der Waals surface area contributed by atoms with Crippen molar-refractivity contribution in [1.29, 1.82) is 0 Å². The number of hydrogen-bond donors (Lipinski definition) is 16. The van der Waals surface area contributed by atoms with Gasteiger partial charge in [0.25, 0.3) is 0 Å². The Hall–Kier alpha value is -10.9. The van der Waals surface area contributed by atoms with Crippen LogP contribution in [0.5, 0.6) is 5.75 Å². The number of ether oxygens (including phenoxy) is 1. The third-order valence-corrected chi connectivity index (χ3v) is 20.2. The summed E-state index contributed by atoms with van der Waals surface area (Å²) >= 11 is 0. The average Bonchev–Trinajstić information content (AvgIpc) is 0.751. The Kier molecular flexibility index (Phi) is 39.4. The number of unbranched alkanes of at least 4 members (excludes halogenated alkanes) is 2. The maximum Gasteiger partial charge on any atom is 0.326 e. The van der Waals surface area contributed by atoms with Crippen LogP contribution in [0.2, 0.25) is 0 Å².